The smallest absolute Gasteiger partial charge is 0.279 e. The van der Waals surface area contributed by atoms with Crippen LogP contribution in [0.25, 0.3) is 22.2 Å². The molecule has 8 nitrogen and oxygen atoms in total. The van der Waals surface area contributed by atoms with Crippen LogP contribution < -0.4 is 10.5 Å². The first-order valence-electron chi connectivity index (χ1n) is 11.3. The Morgan fingerprint density at radius 1 is 1.14 bits per heavy atom. The number of ether oxygens (including phenoxy) is 1. The molecule has 10 heteroatoms. The third kappa shape index (κ3) is 4.30. The van der Waals surface area contributed by atoms with Gasteiger partial charge in [-0.2, -0.15) is 5.10 Å². The van der Waals surface area contributed by atoms with E-state index in [-0.39, 0.29) is 17.2 Å². The highest BCUT2D eigenvalue weighted by atomic mass is 35.5. The molecule has 4 aromatic rings. The first-order valence-corrected chi connectivity index (χ1v) is 11.7. The number of pyridine rings is 1. The monoisotopic (exact) mass is 496 g/mol. The second-order valence-corrected chi connectivity index (χ2v) is 10.0. The number of fused-ring (bicyclic) bond motifs is 1. The van der Waals surface area contributed by atoms with E-state index in [9.17, 15) is 4.79 Å². The number of hydrogen-bond donors (Lipinski definition) is 0. The number of aryl methyl sites for hydroxylation is 2. The predicted octanol–water partition coefficient (Wildman–Crippen LogP) is 4.19. The molecule has 0 radical (unpaired) electrons. The van der Waals surface area contributed by atoms with Gasteiger partial charge in [-0.1, -0.05) is 11.6 Å². The fourth-order valence-electron chi connectivity index (χ4n) is 4.54. The first kappa shape index (κ1) is 23.4. The number of halogens is 2. The van der Waals surface area contributed by atoms with Gasteiger partial charge < -0.3 is 9.64 Å². The van der Waals surface area contributed by atoms with Crippen LogP contribution in [0.2, 0.25) is 5.02 Å². The van der Waals surface area contributed by atoms with Crippen molar-refractivity contribution in [2.24, 2.45) is 14.1 Å². The van der Waals surface area contributed by atoms with Crippen molar-refractivity contribution >= 4 is 28.5 Å². The summed E-state index contributed by atoms with van der Waals surface area (Å²) in [6.45, 7) is 6.78. The van der Waals surface area contributed by atoms with Crippen LogP contribution in [0, 0.1) is 12.7 Å². The summed E-state index contributed by atoms with van der Waals surface area (Å²) >= 11 is 6.00. The van der Waals surface area contributed by atoms with Crippen LogP contribution in [0.1, 0.15) is 31.3 Å². The summed E-state index contributed by atoms with van der Waals surface area (Å²) in [6, 6.07) is 6.28. The van der Waals surface area contributed by atoms with Crippen molar-refractivity contribution < 1.29 is 9.13 Å². The lowest BCUT2D eigenvalue weighted by molar-refractivity contribution is -0.0857. The number of nitrogens with zero attached hydrogens (tertiary/aromatic N) is 6. The maximum absolute atomic E-state index is 15.1. The molecule has 182 valence electrons. The van der Waals surface area contributed by atoms with Gasteiger partial charge in [0.05, 0.1) is 18.3 Å². The summed E-state index contributed by atoms with van der Waals surface area (Å²) in [5.74, 6) is 0.568. The highest BCUT2D eigenvalue weighted by Gasteiger charge is 2.36. The molecule has 4 heterocycles. The molecule has 1 saturated heterocycles. The van der Waals surface area contributed by atoms with E-state index in [0.717, 1.165) is 5.56 Å². The average molecular weight is 497 g/mol. The van der Waals surface area contributed by atoms with Gasteiger partial charge in [0.1, 0.15) is 29.1 Å². The molecular formula is C25H26ClFN6O2. The highest BCUT2D eigenvalue weighted by Crippen LogP contribution is 2.36. The van der Waals surface area contributed by atoms with Crippen molar-refractivity contribution in [2.75, 3.05) is 18.0 Å². The first-order chi connectivity index (χ1) is 16.5. The second kappa shape index (κ2) is 8.42. The third-order valence-corrected chi connectivity index (χ3v) is 6.54. The molecule has 0 spiro atoms. The molecule has 5 rings (SSSR count). The maximum Gasteiger partial charge on any atom is 0.279 e. The quantitative estimate of drug-likeness (QED) is 0.423. The van der Waals surface area contributed by atoms with Gasteiger partial charge >= 0.3 is 0 Å². The van der Waals surface area contributed by atoms with Crippen LogP contribution in [-0.2, 0) is 18.8 Å². The van der Waals surface area contributed by atoms with E-state index in [1.54, 1.807) is 43.0 Å². The van der Waals surface area contributed by atoms with Crippen molar-refractivity contribution in [1.82, 2.24) is 24.3 Å². The van der Waals surface area contributed by atoms with Gasteiger partial charge in [-0.25, -0.2) is 14.4 Å². The maximum atomic E-state index is 15.1. The zero-order valence-corrected chi connectivity index (χ0v) is 21.0. The number of aromatic nitrogens is 5. The molecule has 1 aliphatic rings. The third-order valence-electron chi connectivity index (χ3n) is 6.31. The average Bonchev–Trinajstić information content (AvgIpc) is 3.23. The number of hydrogen-bond acceptors (Lipinski definition) is 6. The van der Waals surface area contributed by atoms with Gasteiger partial charge in [0.15, 0.2) is 5.52 Å². The van der Waals surface area contributed by atoms with Crippen molar-refractivity contribution in [2.45, 2.75) is 32.5 Å². The lowest BCUT2D eigenvalue weighted by atomic mass is 10.0. The largest absolute Gasteiger partial charge is 0.364 e. The topological polar surface area (TPSA) is 78.1 Å². The molecule has 3 aromatic heterocycles. The molecule has 1 aromatic carbocycles. The van der Waals surface area contributed by atoms with Gasteiger partial charge in [0, 0.05) is 48.5 Å². The molecule has 0 N–H and O–H groups in total. The van der Waals surface area contributed by atoms with E-state index in [0.29, 0.717) is 46.4 Å². The molecule has 1 fully saturated rings. The Labute approximate surface area is 206 Å². The molecule has 0 amide bonds. The molecule has 0 bridgehead atoms. The van der Waals surface area contributed by atoms with Crippen LogP contribution in [-0.4, -0.2) is 43.0 Å². The number of benzene rings is 1. The van der Waals surface area contributed by atoms with Crippen molar-refractivity contribution in [3.8, 4) is 11.1 Å². The minimum absolute atomic E-state index is 0.183. The molecule has 1 atom stereocenters. The van der Waals surface area contributed by atoms with E-state index in [1.807, 2.05) is 27.1 Å². The van der Waals surface area contributed by atoms with Gasteiger partial charge in [-0.3, -0.25) is 14.0 Å². The summed E-state index contributed by atoms with van der Waals surface area (Å²) < 4.78 is 24.6. The summed E-state index contributed by atoms with van der Waals surface area (Å²) in [4.78, 5) is 24.6. The number of morpholine rings is 1. The predicted molar refractivity (Wildman–Crippen MR) is 133 cm³/mol. The van der Waals surface area contributed by atoms with Gasteiger partial charge in [0.25, 0.3) is 5.56 Å². The zero-order valence-electron chi connectivity index (χ0n) is 20.2. The van der Waals surface area contributed by atoms with Crippen LogP contribution in [0.4, 0.5) is 10.2 Å². The molecule has 1 aliphatic heterocycles. The molecule has 0 saturated carbocycles. The van der Waals surface area contributed by atoms with E-state index in [4.69, 9.17) is 21.3 Å². The Hall–Kier alpha value is -3.30. The van der Waals surface area contributed by atoms with Crippen LogP contribution in [0.5, 0.6) is 0 Å². The Balaban J connectivity index is 1.71. The molecule has 0 unspecified atom stereocenters. The SMILES string of the molecule is Cc1nc2c(-c3ccc(Cl)cc3F)cc(N3C[C@@H](c4cnn(C)c4)OC(C)(C)C3)nc2c(=O)n1C. The summed E-state index contributed by atoms with van der Waals surface area (Å²) in [5, 5.41) is 4.57. The standard InChI is InChI=1S/C25H26ClFN6O2/c1-14-29-22-18(17-7-6-16(26)8-19(17)27)9-21(30-23(22)24(34)32(14)5)33-12-20(35-25(2,3)13-33)15-10-28-31(4)11-15/h6-11,20H,12-13H2,1-5H3/t20-/m0/s1. The minimum atomic E-state index is -0.502. The van der Waals surface area contributed by atoms with Crippen LogP contribution in [0.15, 0.2) is 41.5 Å². The normalized spacial score (nSPS) is 17.8. The zero-order chi connectivity index (χ0) is 25.1. The Kier molecular flexibility index (Phi) is 5.64. The number of rotatable bonds is 3. The van der Waals surface area contributed by atoms with Gasteiger partial charge in [-0.05, 0) is 45.0 Å². The highest BCUT2D eigenvalue weighted by molar-refractivity contribution is 6.30. The summed E-state index contributed by atoms with van der Waals surface area (Å²) in [5.41, 5.74) is 1.48. The fraction of sp³-hybridized carbons (Fsp3) is 0.360. The summed E-state index contributed by atoms with van der Waals surface area (Å²) in [6.07, 6.45) is 3.46. The molecule has 0 aliphatic carbocycles. The van der Waals surface area contributed by atoms with E-state index >= 15 is 4.39 Å². The van der Waals surface area contributed by atoms with E-state index in [1.165, 1.54) is 10.6 Å². The fourth-order valence-corrected chi connectivity index (χ4v) is 4.70. The van der Waals surface area contributed by atoms with E-state index in [2.05, 4.69) is 15.0 Å². The lowest BCUT2D eigenvalue weighted by Crippen LogP contribution is -2.50. The second-order valence-electron chi connectivity index (χ2n) is 9.57. The Morgan fingerprint density at radius 3 is 2.60 bits per heavy atom. The summed E-state index contributed by atoms with van der Waals surface area (Å²) in [7, 11) is 3.51. The van der Waals surface area contributed by atoms with Crippen molar-refractivity contribution in [3.63, 3.8) is 0 Å². The Morgan fingerprint density at radius 2 is 1.91 bits per heavy atom. The van der Waals surface area contributed by atoms with Gasteiger partial charge in [-0.15, -0.1) is 0 Å². The van der Waals surface area contributed by atoms with Gasteiger partial charge in [0.2, 0.25) is 0 Å². The van der Waals surface area contributed by atoms with E-state index < -0.39 is 11.4 Å². The minimum Gasteiger partial charge on any atom is -0.364 e. The Bertz CT molecular complexity index is 1510. The van der Waals surface area contributed by atoms with Crippen LogP contribution in [0.3, 0.4) is 0 Å². The molecule has 35 heavy (non-hydrogen) atoms. The molecular weight excluding hydrogens is 471 g/mol. The lowest BCUT2D eigenvalue weighted by Gasteiger charge is -2.43. The number of anilines is 1. The van der Waals surface area contributed by atoms with Crippen molar-refractivity contribution in [3.05, 3.63) is 69.2 Å². The van der Waals surface area contributed by atoms with Crippen molar-refractivity contribution in [1.29, 1.82) is 0 Å². The van der Waals surface area contributed by atoms with Crippen LogP contribution >= 0.6 is 11.6 Å².